The number of methoxy groups -OCH3 is 1. The maximum Gasteiger partial charge on any atom is 0.339 e. The van der Waals surface area contributed by atoms with Crippen molar-refractivity contribution in [3.63, 3.8) is 0 Å². The Morgan fingerprint density at radius 3 is 2.80 bits per heavy atom. The Hall–Kier alpha value is -1.62. The van der Waals surface area contributed by atoms with Crippen LogP contribution in [0.1, 0.15) is 48.2 Å². The molecule has 0 aromatic carbocycles. The van der Waals surface area contributed by atoms with Gasteiger partial charge in [0.1, 0.15) is 5.82 Å². The van der Waals surface area contributed by atoms with Gasteiger partial charge in [-0.15, -0.1) is 0 Å². The molecule has 2 N–H and O–H groups in total. The van der Waals surface area contributed by atoms with Crippen molar-refractivity contribution >= 4 is 11.8 Å². The number of aliphatic hydroxyl groups excluding tert-OH is 1. The van der Waals surface area contributed by atoms with Crippen LogP contribution in [0.15, 0.2) is 12.1 Å². The van der Waals surface area contributed by atoms with Crippen LogP contribution in [0, 0.1) is 6.92 Å². The van der Waals surface area contributed by atoms with Gasteiger partial charge in [0.05, 0.1) is 30.5 Å². The lowest BCUT2D eigenvalue weighted by Gasteiger charge is -2.22. The van der Waals surface area contributed by atoms with Crippen LogP contribution in [0.25, 0.3) is 0 Å². The number of carbonyl (C=O) groups excluding carboxylic acids is 1. The molecule has 1 aliphatic carbocycles. The molecule has 0 amide bonds. The van der Waals surface area contributed by atoms with Gasteiger partial charge in [0, 0.05) is 0 Å². The monoisotopic (exact) mass is 278 g/mol. The Morgan fingerprint density at radius 1 is 1.35 bits per heavy atom. The molecule has 0 saturated heterocycles. The second-order valence-corrected chi connectivity index (χ2v) is 5.28. The molecule has 1 aromatic heterocycles. The van der Waals surface area contributed by atoms with E-state index in [4.69, 9.17) is 4.74 Å². The lowest BCUT2D eigenvalue weighted by atomic mass is 10.1. The number of aryl methyl sites for hydroxylation is 1. The minimum absolute atomic E-state index is 0.0355. The summed E-state index contributed by atoms with van der Waals surface area (Å²) in [5.74, 6) is 0.317. The van der Waals surface area contributed by atoms with Crippen LogP contribution >= 0.6 is 0 Å². The Balaban J connectivity index is 2.09. The normalized spacial score (nSPS) is 22.9. The molecule has 0 aliphatic heterocycles. The van der Waals surface area contributed by atoms with Crippen LogP contribution in [0.4, 0.5) is 5.82 Å². The summed E-state index contributed by atoms with van der Waals surface area (Å²) in [6.45, 7) is 1.78. The minimum Gasteiger partial charge on any atom is -0.465 e. The van der Waals surface area contributed by atoms with Gasteiger partial charge in [0.15, 0.2) is 0 Å². The maximum absolute atomic E-state index is 11.5. The highest BCUT2D eigenvalue weighted by molar-refractivity contribution is 5.90. The van der Waals surface area contributed by atoms with Crippen LogP contribution < -0.4 is 5.32 Å². The van der Waals surface area contributed by atoms with Crippen molar-refractivity contribution in [2.75, 3.05) is 12.4 Å². The highest BCUT2D eigenvalue weighted by Gasteiger charge is 2.22. The largest absolute Gasteiger partial charge is 0.465 e. The van der Waals surface area contributed by atoms with Gasteiger partial charge >= 0.3 is 5.97 Å². The van der Waals surface area contributed by atoms with E-state index < -0.39 is 0 Å². The Labute approximate surface area is 119 Å². The van der Waals surface area contributed by atoms with Crippen LogP contribution in [-0.4, -0.2) is 35.3 Å². The number of nitrogens with one attached hydrogen (secondary N) is 1. The predicted molar refractivity (Wildman–Crippen MR) is 76.8 cm³/mol. The number of anilines is 1. The van der Waals surface area contributed by atoms with E-state index in [1.54, 1.807) is 19.1 Å². The van der Waals surface area contributed by atoms with E-state index in [2.05, 4.69) is 10.3 Å². The molecule has 1 saturated carbocycles. The summed E-state index contributed by atoms with van der Waals surface area (Å²) < 4.78 is 4.70. The average Bonchev–Trinajstić information content (AvgIpc) is 2.64. The highest BCUT2D eigenvalue weighted by Crippen LogP contribution is 2.21. The first-order chi connectivity index (χ1) is 9.61. The molecule has 5 heteroatoms. The molecule has 2 rings (SSSR count). The molecule has 1 aromatic rings. The first-order valence-corrected chi connectivity index (χ1v) is 7.12. The fraction of sp³-hybridized carbons (Fsp3) is 0.600. The van der Waals surface area contributed by atoms with Crippen molar-refractivity contribution in [1.82, 2.24) is 4.98 Å². The Bertz CT molecular complexity index is 476. The second-order valence-electron chi connectivity index (χ2n) is 5.28. The zero-order valence-corrected chi connectivity index (χ0v) is 12.1. The lowest BCUT2D eigenvalue weighted by Crippen LogP contribution is -2.32. The SMILES string of the molecule is COC(=O)c1ccc(NC2CCCCCC2O)nc1C. The summed E-state index contributed by atoms with van der Waals surface area (Å²) in [5.41, 5.74) is 1.10. The van der Waals surface area contributed by atoms with Crippen molar-refractivity contribution in [3.05, 3.63) is 23.4 Å². The quantitative estimate of drug-likeness (QED) is 0.655. The molecule has 20 heavy (non-hydrogen) atoms. The maximum atomic E-state index is 11.5. The van der Waals surface area contributed by atoms with E-state index >= 15 is 0 Å². The average molecular weight is 278 g/mol. The van der Waals surface area contributed by atoms with Crippen molar-refractivity contribution in [1.29, 1.82) is 0 Å². The predicted octanol–water partition coefficient (Wildman–Crippen LogP) is 2.28. The second kappa shape index (κ2) is 6.70. The van der Waals surface area contributed by atoms with Gasteiger partial charge in [-0.2, -0.15) is 0 Å². The molecule has 1 fully saturated rings. The van der Waals surface area contributed by atoms with Gasteiger partial charge in [0.2, 0.25) is 0 Å². The van der Waals surface area contributed by atoms with Crippen molar-refractivity contribution < 1.29 is 14.6 Å². The van der Waals surface area contributed by atoms with E-state index in [-0.39, 0.29) is 18.1 Å². The first-order valence-electron chi connectivity index (χ1n) is 7.12. The van der Waals surface area contributed by atoms with Gasteiger partial charge in [-0.3, -0.25) is 0 Å². The van der Waals surface area contributed by atoms with E-state index in [9.17, 15) is 9.90 Å². The molecule has 110 valence electrons. The fourth-order valence-electron chi connectivity index (χ4n) is 2.61. The Kier molecular flexibility index (Phi) is 4.95. The molecule has 0 spiro atoms. The number of nitrogens with zero attached hydrogens (tertiary/aromatic N) is 1. The Morgan fingerprint density at radius 2 is 2.10 bits per heavy atom. The zero-order valence-electron chi connectivity index (χ0n) is 12.1. The van der Waals surface area contributed by atoms with Crippen LogP contribution in [-0.2, 0) is 4.74 Å². The van der Waals surface area contributed by atoms with Crippen molar-refractivity contribution in [3.8, 4) is 0 Å². The minimum atomic E-state index is -0.379. The summed E-state index contributed by atoms with van der Waals surface area (Å²) in [6.07, 6.45) is 4.81. The topological polar surface area (TPSA) is 71.5 Å². The summed E-state index contributed by atoms with van der Waals surface area (Å²) in [6, 6.07) is 3.50. The van der Waals surface area contributed by atoms with E-state index in [1.165, 1.54) is 13.5 Å². The number of carbonyl (C=O) groups is 1. The zero-order chi connectivity index (χ0) is 14.5. The van der Waals surface area contributed by atoms with Gasteiger partial charge in [-0.1, -0.05) is 19.3 Å². The number of aliphatic hydroxyl groups is 1. The number of esters is 1. The fourth-order valence-corrected chi connectivity index (χ4v) is 2.61. The number of aromatic nitrogens is 1. The molecule has 0 bridgehead atoms. The standard InChI is InChI=1S/C15H22N2O3/c1-10-11(15(19)20-2)8-9-14(16-10)17-12-6-4-3-5-7-13(12)18/h8-9,12-13,18H,3-7H2,1-2H3,(H,16,17). The van der Waals surface area contributed by atoms with Crippen LogP contribution in [0.2, 0.25) is 0 Å². The van der Waals surface area contributed by atoms with E-state index in [0.29, 0.717) is 17.1 Å². The third-order valence-electron chi connectivity index (χ3n) is 3.80. The molecular weight excluding hydrogens is 256 g/mol. The van der Waals surface area contributed by atoms with E-state index in [1.807, 2.05) is 0 Å². The number of hydrogen-bond donors (Lipinski definition) is 2. The summed E-state index contributed by atoms with van der Waals surface area (Å²) in [7, 11) is 1.36. The van der Waals surface area contributed by atoms with Crippen LogP contribution in [0.3, 0.4) is 0 Å². The number of hydrogen-bond acceptors (Lipinski definition) is 5. The molecule has 2 unspecified atom stereocenters. The highest BCUT2D eigenvalue weighted by atomic mass is 16.5. The van der Waals surface area contributed by atoms with Gasteiger partial charge < -0.3 is 15.2 Å². The van der Waals surface area contributed by atoms with Gasteiger partial charge in [0.25, 0.3) is 0 Å². The van der Waals surface area contributed by atoms with Crippen LogP contribution in [0.5, 0.6) is 0 Å². The number of pyridine rings is 1. The molecule has 2 atom stereocenters. The molecule has 1 heterocycles. The summed E-state index contributed by atoms with van der Waals surface area (Å²) >= 11 is 0. The smallest absolute Gasteiger partial charge is 0.339 e. The summed E-state index contributed by atoms with van der Waals surface area (Å²) in [4.78, 5) is 15.9. The first kappa shape index (κ1) is 14.8. The van der Waals surface area contributed by atoms with Crippen molar-refractivity contribution in [2.24, 2.45) is 0 Å². The number of rotatable bonds is 3. The molecule has 1 aliphatic rings. The molecular formula is C15H22N2O3. The van der Waals surface area contributed by atoms with Gasteiger partial charge in [-0.05, 0) is 31.9 Å². The number of ether oxygens (including phenoxy) is 1. The van der Waals surface area contributed by atoms with Gasteiger partial charge in [-0.25, -0.2) is 9.78 Å². The summed E-state index contributed by atoms with van der Waals surface area (Å²) in [5, 5.41) is 13.4. The lowest BCUT2D eigenvalue weighted by molar-refractivity contribution is 0.0599. The van der Waals surface area contributed by atoms with Crippen molar-refractivity contribution in [2.45, 2.75) is 51.2 Å². The third-order valence-corrected chi connectivity index (χ3v) is 3.80. The van der Waals surface area contributed by atoms with E-state index in [0.717, 1.165) is 25.7 Å². The molecule has 0 radical (unpaired) electrons. The molecule has 5 nitrogen and oxygen atoms in total. The third kappa shape index (κ3) is 3.48.